The van der Waals surface area contributed by atoms with E-state index in [0.29, 0.717) is 43.5 Å². The lowest BCUT2D eigenvalue weighted by Crippen LogP contribution is -3.14. The van der Waals surface area contributed by atoms with Crippen LogP contribution >= 0.6 is 12.2 Å². The number of benzene rings is 1. The van der Waals surface area contributed by atoms with Gasteiger partial charge in [0.15, 0.2) is 6.67 Å². The molecule has 1 aliphatic carbocycles. The Labute approximate surface area is 163 Å². The molecule has 1 saturated carbocycles. The van der Waals surface area contributed by atoms with Crippen molar-refractivity contribution >= 4 is 22.2 Å². The van der Waals surface area contributed by atoms with E-state index >= 15 is 0 Å². The Kier molecular flexibility index (Phi) is 4.91. The van der Waals surface area contributed by atoms with E-state index in [1.807, 2.05) is 16.3 Å². The van der Waals surface area contributed by atoms with E-state index in [1.54, 1.807) is 0 Å². The summed E-state index contributed by atoms with van der Waals surface area (Å²) in [7, 11) is -1.71. The van der Waals surface area contributed by atoms with E-state index in [0.717, 1.165) is 11.9 Å². The van der Waals surface area contributed by atoms with Gasteiger partial charge in [0, 0.05) is 13.0 Å². The Balaban J connectivity index is 1.42. The van der Waals surface area contributed by atoms with Crippen LogP contribution in [0.3, 0.4) is 0 Å². The van der Waals surface area contributed by atoms with Gasteiger partial charge in [0.25, 0.3) is 0 Å². The molecule has 0 radical (unpaired) electrons. The minimum atomic E-state index is -3.66. The second-order valence-electron chi connectivity index (χ2n) is 7.24. The molecule has 1 aromatic heterocycles. The molecular formula is C17H23FN5O2S2+. The van der Waals surface area contributed by atoms with Crippen molar-refractivity contribution in [3.63, 3.8) is 0 Å². The number of quaternary nitrogens is 1. The van der Waals surface area contributed by atoms with Crippen LogP contribution in [0, 0.1) is 10.6 Å². The zero-order valence-electron chi connectivity index (χ0n) is 15.1. The van der Waals surface area contributed by atoms with Crippen molar-refractivity contribution in [1.82, 2.24) is 18.7 Å². The van der Waals surface area contributed by atoms with Gasteiger partial charge in [0.2, 0.25) is 14.8 Å². The van der Waals surface area contributed by atoms with Crippen LogP contribution in [-0.4, -0.2) is 53.2 Å². The number of hydrogen-bond acceptors (Lipinski definition) is 4. The maximum absolute atomic E-state index is 13.4. The van der Waals surface area contributed by atoms with Crippen molar-refractivity contribution in [3.05, 3.63) is 40.7 Å². The fraction of sp³-hybridized carbons (Fsp3) is 0.529. The summed E-state index contributed by atoms with van der Waals surface area (Å²) >= 11 is 5.50. The molecule has 0 spiro atoms. The summed E-state index contributed by atoms with van der Waals surface area (Å²) in [6.07, 6.45) is 2.34. The van der Waals surface area contributed by atoms with Gasteiger partial charge in [0.05, 0.1) is 31.1 Å². The van der Waals surface area contributed by atoms with E-state index < -0.39 is 15.8 Å². The standard InChI is InChI=1S/C17H22FN5O2S2/c1-20-16(13-5-6-13)19-23(17(20)26)12-21-7-9-22(10-8-21)27(24,25)15-4-2-3-14(18)11-15/h2-4,11,13H,5-10,12H2,1H3/p+1. The summed E-state index contributed by atoms with van der Waals surface area (Å²) in [5.41, 5.74) is 0. The summed E-state index contributed by atoms with van der Waals surface area (Å²) in [6.45, 7) is 2.73. The predicted molar refractivity (Wildman–Crippen MR) is 99.9 cm³/mol. The molecule has 0 atom stereocenters. The Bertz CT molecular complexity index is 1000. The number of hydrogen-bond donors (Lipinski definition) is 1. The van der Waals surface area contributed by atoms with Crippen molar-refractivity contribution in [1.29, 1.82) is 0 Å². The van der Waals surface area contributed by atoms with Gasteiger partial charge in [-0.25, -0.2) is 12.8 Å². The first kappa shape index (κ1) is 18.7. The van der Waals surface area contributed by atoms with Crippen LogP contribution in [0.2, 0.25) is 0 Å². The van der Waals surface area contributed by atoms with E-state index in [2.05, 4.69) is 5.10 Å². The number of piperazine rings is 1. The highest BCUT2D eigenvalue weighted by Crippen LogP contribution is 2.38. The normalized spacial score (nSPS) is 19.5. The summed E-state index contributed by atoms with van der Waals surface area (Å²) in [6, 6.07) is 5.17. The average molecular weight is 413 g/mol. The Hall–Kier alpha value is -1.62. The van der Waals surface area contributed by atoms with Crippen LogP contribution < -0.4 is 4.90 Å². The molecule has 2 aliphatic rings. The molecule has 0 amide bonds. The fourth-order valence-electron chi connectivity index (χ4n) is 3.49. The first-order valence-corrected chi connectivity index (χ1v) is 10.9. The zero-order chi connectivity index (χ0) is 19.2. The first-order valence-electron chi connectivity index (χ1n) is 9.09. The van der Waals surface area contributed by atoms with Crippen molar-refractivity contribution in [2.24, 2.45) is 7.05 Å². The van der Waals surface area contributed by atoms with Gasteiger partial charge in [-0.05, 0) is 43.3 Å². The fourth-order valence-corrected chi connectivity index (χ4v) is 5.17. The SMILES string of the molecule is Cn1c(C2CC2)nn(C[NH+]2CCN(S(=O)(=O)c3cccc(F)c3)CC2)c1=S. The molecule has 0 unspecified atom stereocenters. The van der Waals surface area contributed by atoms with Gasteiger partial charge in [0.1, 0.15) is 11.6 Å². The molecule has 146 valence electrons. The molecule has 10 heteroatoms. The lowest BCUT2D eigenvalue weighted by atomic mass is 10.4. The third-order valence-electron chi connectivity index (χ3n) is 5.25. The van der Waals surface area contributed by atoms with Crippen LogP contribution in [0.5, 0.6) is 0 Å². The molecule has 1 N–H and O–H groups in total. The van der Waals surface area contributed by atoms with Crippen LogP contribution in [0.4, 0.5) is 4.39 Å². The van der Waals surface area contributed by atoms with E-state index in [1.165, 1.54) is 40.2 Å². The molecule has 7 nitrogen and oxygen atoms in total. The predicted octanol–water partition coefficient (Wildman–Crippen LogP) is 0.514. The van der Waals surface area contributed by atoms with Crippen LogP contribution in [-0.2, 0) is 23.7 Å². The number of nitrogens with one attached hydrogen (secondary N) is 1. The Morgan fingerprint density at radius 2 is 2.00 bits per heavy atom. The van der Waals surface area contributed by atoms with Crippen LogP contribution in [0.1, 0.15) is 24.6 Å². The topological polar surface area (TPSA) is 64.6 Å². The molecule has 2 fully saturated rings. The average Bonchev–Trinajstić information content (AvgIpc) is 3.45. The van der Waals surface area contributed by atoms with Gasteiger partial charge >= 0.3 is 0 Å². The van der Waals surface area contributed by atoms with Crippen LogP contribution in [0.15, 0.2) is 29.2 Å². The van der Waals surface area contributed by atoms with Gasteiger partial charge < -0.3 is 9.47 Å². The zero-order valence-corrected chi connectivity index (χ0v) is 16.8. The Morgan fingerprint density at radius 1 is 1.30 bits per heavy atom. The third kappa shape index (κ3) is 3.71. The van der Waals surface area contributed by atoms with Gasteiger partial charge in [-0.3, -0.25) is 0 Å². The highest BCUT2D eigenvalue weighted by molar-refractivity contribution is 7.89. The molecule has 1 saturated heterocycles. The van der Waals surface area contributed by atoms with Gasteiger partial charge in [-0.15, -0.1) is 0 Å². The van der Waals surface area contributed by atoms with Crippen molar-refractivity contribution in [3.8, 4) is 0 Å². The number of rotatable bonds is 5. The quantitative estimate of drug-likeness (QED) is 0.727. The smallest absolute Gasteiger partial charge is 0.243 e. The minimum absolute atomic E-state index is 0.00645. The number of halogens is 1. The molecule has 0 bridgehead atoms. The van der Waals surface area contributed by atoms with Gasteiger partial charge in [-0.2, -0.15) is 14.1 Å². The lowest BCUT2D eigenvalue weighted by Gasteiger charge is -2.31. The number of sulfonamides is 1. The molecule has 27 heavy (non-hydrogen) atoms. The number of aromatic nitrogens is 3. The van der Waals surface area contributed by atoms with Crippen molar-refractivity contribution < 1.29 is 17.7 Å². The van der Waals surface area contributed by atoms with E-state index in [4.69, 9.17) is 12.2 Å². The second-order valence-corrected chi connectivity index (χ2v) is 9.55. The van der Waals surface area contributed by atoms with Gasteiger partial charge in [-0.1, -0.05) is 6.07 Å². The van der Waals surface area contributed by atoms with Crippen molar-refractivity contribution in [2.75, 3.05) is 26.2 Å². The van der Waals surface area contributed by atoms with E-state index in [9.17, 15) is 12.8 Å². The van der Waals surface area contributed by atoms with Crippen LogP contribution in [0.25, 0.3) is 0 Å². The third-order valence-corrected chi connectivity index (χ3v) is 7.63. The molecule has 2 aromatic rings. The summed E-state index contributed by atoms with van der Waals surface area (Å²) < 4.78 is 44.8. The maximum Gasteiger partial charge on any atom is 0.243 e. The summed E-state index contributed by atoms with van der Waals surface area (Å²) in [4.78, 5) is 1.24. The molecule has 2 heterocycles. The maximum atomic E-state index is 13.4. The summed E-state index contributed by atoms with van der Waals surface area (Å²) in [5.74, 6) is 1.03. The molecule has 1 aliphatic heterocycles. The van der Waals surface area contributed by atoms with E-state index in [-0.39, 0.29) is 4.90 Å². The largest absolute Gasteiger partial charge is 0.314 e. The first-order chi connectivity index (χ1) is 12.9. The highest BCUT2D eigenvalue weighted by atomic mass is 32.2. The highest BCUT2D eigenvalue weighted by Gasteiger charge is 2.32. The number of nitrogens with zero attached hydrogens (tertiary/aromatic N) is 4. The molecular weight excluding hydrogens is 389 g/mol. The second kappa shape index (κ2) is 7.08. The lowest BCUT2D eigenvalue weighted by molar-refractivity contribution is -0.926. The minimum Gasteiger partial charge on any atom is -0.314 e. The monoisotopic (exact) mass is 412 g/mol. The van der Waals surface area contributed by atoms with Crippen molar-refractivity contribution in [2.45, 2.75) is 30.3 Å². The summed E-state index contributed by atoms with van der Waals surface area (Å²) in [5, 5.41) is 4.67. The molecule has 1 aromatic carbocycles. The Morgan fingerprint density at radius 3 is 2.63 bits per heavy atom. The molecule has 4 rings (SSSR count).